The lowest BCUT2D eigenvalue weighted by Crippen LogP contribution is -2.50. The van der Waals surface area contributed by atoms with E-state index in [9.17, 15) is 4.79 Å². The van der Waals surface area contributed by atoms with Gasteiger partial charge in [0, 0.05) is 38.3 Å². The van der Waals surface area contributed by atoms with Gasteiger partial charge in [-0.1, -0.05) is 18.2 Å². The molecule has 5 nitrogen and oxygen atoms in total. The number of benzene rings is 1. The standard InChI is InChI=1S/C15H20N2O3/c18-10-9-16-5-7-17(8-6-16)15(19)13-11-20-14-4-2-1-3-12(13)14/h1-4,13,18H,5-11H2. The van der Waals surface area contributed by atoms with Crippen LogP contribution in [0.3, 0.4) is 0 Å². The molecule has 1 saturated heterocycles. The van der Waals surface area contributed by atoms with E-state index < -0.39 is 0 Å². The fourth-order valence-corrected chi connectivity index (χ4v) is 2.92. The number of nitrogens with zero attached hydrogens (tertiary/aromatic N) is 2. The first-order chi connectivity index (χ1) is 9.79. The van der Waals surface area contributed by atoms with Gasteiger partial charge in [-0.3, -0.25) is 9.69 Å². The third-order valence-electron chi connectivity index (χ3n) is 4.10. The minimum absolute atomic E-state index is 0.157. The van der Waals surface area contributed by atoms with Crippen LogP contribution in [0.1, 0.15) is 11.5 Å². The normalized spacial score (nSPS) is 22.4. The topological polar surface area (TPSA) is 53.0 Å². The SMILES string of the molecule is O=C(C1COc2ccccc21)N1CCN(CCO)CC1. The highest BCUT2D eigenvalue weighted by Gasteiger charge is 2.34. The third kappa shape index (κ3) is 2.51. The molecule has 108 valence electrons. The number of β-amino-alcohol motifs (C(OH)–C–C–N with tert-alkyl or cyclic N) is 1. The first-order valence-corrected chi connectivity index (χ1v) is 7.13. The Hall–Kier alpha value is -1.59. The van der Waals surface area contributed by atoms with Gasteiger partial charge in [-0.2, -0.15) is 0 Å². The zero-order valence-corrected chi connectivity index (χ0v) is 11.5. The Balaban J connectivity index is 1.64. The maximum atomic E-state index is 12.6. The molecule has 0 bridgehead atoms. The van der Waals surface area contributed by atoms with Crippen molar-refractivity contribution in [1.82, 2.24) is 9.80 Å². The summed E-state index contributed by atoms with van der Waals surface area (Å²) in [5, 5.41) is 8.94. The quantitative estimate of drug-likeness (QED) is 0.863. The van der Waals surface area contributed by atoms with Crippen LogP contribution in [0.2, 0.25) is 0 Å². The first kappa shape index (κ1) is 13.4. The van der Waals surface area contributed by atoms with Crippen molar-refractivity contribution in [3.63, 3.8) is 0 Å². The van der Waals surface area contributed by atoms with Gasteiger partial charge in [0.1, 0.15) is 18.3 Å². The lowest BCUT2D eigenvalue weighted by molar-refractivity contribution is -0.134. The average Bonchev–Trinajstić information content (AvgIpc) is 2.92. The molecule has 2 aliphatic heterocycles. The highest BCUT2D eigenvalue weighted by atomic mass is 16.5. The number of aliphatic hydroxyl groups excluding tert-OH is 1. The van der Waals surface area contributed by atoms with Gasteiger partial charge in [0.25, 0.3) is 0 Å². The highest BCUT2D eigenvalue weighted by Crippen LogP contribution is 2.34. The minimum atomic E-state index is -0.157. The van der Waals surface area contributed by atoms with Crippen molar-refractivity contribution in [2.45, 2.75) is 5.92 Å². The van der Waals surface area contributed by atoms with Crippen LogP contribution in [0.25, 0.3) is 0 Å². The molecule has 1 aromatic rings. The number of amides is 1. The molecule has 1 aromatic carbocycles. The Morgan fingerprint density at radius 2 is 2.00 bits per heavy atom. The second-order valence-corrected chi connectivity index (χ2v) is 5.29. The van der Waals surface area contributed by atoms with Crippen LogP contribution in [0.4, 0.5) is 0 Å². The number of hydrogen-bond acceptors (Lipinski definition) is 4. The second-order valence-electron chi connectivity index (χ2n) is 5.29. The Morgan fingerprint density at radius 1 is 1.25 bits per heavy atom. The number of rotatable bonds is 3. The molecule has 0 aliphatic carbocycles. The largest absolute Gasteiger partial charge is 0.492 e. The zero-order chi connectivity index (χ0) is 13.9. The predicted octanol–water partition coefficient (Wildman–Crippen LogP) is 0.299. The molecule has 1 amide bonds. The monoisotopic (exact) mass is 276 g/mol. The molecular weight excluding hydrogens is 256 g/mol. The number of aliphatic hydroxyl groups is 1. The van der Waals surface area contributed by atoms with Crippen LogP contribution in [-0.4, -0.2) is 66.8 Å². The maximum absolute atomic E-state index is 12.6. The Morgan fingerprint density at radius 3 is 2.75 bits per heavy atom. The number of carbonyl (C=O) groups excluding carboxylic acids is 1. The summed E-state index contributed by atoms with van der Waals surface area (Å²) in [6.07, 6.45) is 0. The molecule has 1 unspecified atom stereocenters. The van der Waals surface area contributed by atoms with Crippen LogP contribution >= 0.6 is 0 Å². The van der Waals surface area contributed by atoms with E-state index in [2.05, 4.69) is 4.90 Å². The van der Waals surface area contributed by atoms with Crippen molar-refractivity contribution in [2.24, 2.45) is 0 Å². The smallest absolute Gasteiger partial charge is 0.233 e. The van der Waals surface area contributed by atoms with Gasteiger partial charge >= 0.3 is 0 Å². The van der Waals surface area contributed by atoms with Crippen LogP contribution in [0, 0.1) is 0 Å². The van der Waals surface area contributed by atoms with Gasteiger partial charge in [0.15, 0.2) is 0 Å². The van der Waals surface area contributed by atoms with Crippen LogP contribution in [0.15, 0.2) is 24.3 Å². The Labute approximate surface area is 118 Å². The molecule has 1 atom stereocenters. The van der Waals surface area contributed by atoms with Crippen molar-refractivity contribution in [3.05, 3.63) is 29.8 Å². The summed E-state index contributed by atoms with van der Waals surface area (Å²) in [6, 6.07) is 7.78. The van der Waals surface area contributed by atoms with E-state index in [-0.39, 0.29) is 18.4 Å². The molecule has 1 fully saturated rings. The second kappa shape index (κ2) is 5.81. The van der Waals surface area contributed by atoms with E-state index in [0.29, 0.717) is 13.2 Å². The van der Waals surface area contributed by atoms with Crippen molar-refractivity contribution < 1.29 is 14.6 Å². The van der Waals surface area contributed by atoms with Crippen LogP contribution < -0.4 is 4.74 Å². The van der Waals surface area contributed by atoms with E-state index in [4.69, 9.17) is 9.84 Å². The molecule has 5 heteroatoms. The Bertz CT molecular complexity index is 484. The minimum Gasteiger partial charge on any atom is -0.492 e. The summed E-state index contributed by atoms with van der Waals surface area (Å²) in [5.74, 6) is 0.846. The van der Waals surface area contributed by atoms with Crippen LogP contribution in [0.5, 0.6) is 5.75 Å². The van der Waals surface area contributed by atoms with Crippen molar-refractivity contribution in [1.29, 1.82) is 0 Å². The summed E-state index contributed by atoms with van der Waals surface area (Å²) in [5.41, 5.74) is 1.01. The first-order valence-electron chi connectivity index (χ1n) is 7.13. The lowest BCUT2D eigenvalue weighted by atomic mass is 9.99. The van der Waals surface area contributed by atoms with Crippen molar-refractivity contribution >= 4 is 5.91 Å². The molecule has 1 N–H and O–H groups in total. The van der Waals surface area contributed by atoms with Gasteiger partial charge in [0.2, 0.25) is 5.91 Å². The molecule has 0 saturated carbocycles. The Kier molecular flexibility index (Phi) is 3.89. The summed E-state index contributed by atoms with van der Waals surface area (Å²) in [7, 11) is 0. The number of piperazine rings is 1. The van der Waals surface area contributed by atoms with Gasteiger partial charge < -0.3 is 14.7 Å². The molecule has 20 heavy (non-hydrogen) atoms. The molecule has 0 spiro atoms. The van der Waals surface area contributed by atoms with E-state index in [1.807, 2.05) is 29.2 Å². The fourth-order valence-electron chi connectivity index (χ4n) is 2.92. The molecule has 3 rings (SSSR count). The van der Waals surface area contributed by atoms with Gasteiger partial charge in [-0.05, 0) is 6.07 Å². The summed E-state index contributed by atoms with van der Waals surface area (Å²) in [4.78, 5) is 16.7. The van der Waals surface area contributed by atoms with E-state index in [1.54, 1.807) is 0 Å². The number of carbonyl (C=O) groups is 1. The van der Waals surface area contributed by atoms with E-state index >= 15 is 0 Å². The fraction of sp³-hybridized carbons (Fsp3) is 0.533. The van der Waals surface area contributed by atoms with Gasteiger partial charge in [0.05, 0.1) is 6.61 Å². The third-order valence-corrected chi connectivity index (χ3v) is 4.10. The number of hydrogen-bond donors (Lipinski definition) is 1. The van der Waals surface area contributed by atoms with E-state index in [0.717, 1.165) is 37.5 Å². The van der Waals surface area contributed by atoms with Gasteiger partial charge in [-0.25, -0.2) is 0 Å². The zero-order valence-electron chi connectivity index (χ0n) is 11.5. The van der Waals surface area contributed by atoms with E-state index in [1.165, 1.54) is 0 Å². The van der Waals surface area contributed by atoms with Crippen molar-refractivity contribution in [3.8, 4) is 5.75 Å². The highest BCUT2D eigenvalue weighted by molar-refractivity contribution is 5.85. The summed E-state index contributed by atoms with van der Waals surface area (Å²) in [6.45, 7) is 4.46. The number of ether oxygens (including phenoxy) is 1. The maximum Gasteiger partial charge on any atom is 0.233 e. The molecular formula is C15H20N2O3. The predicted molar refractivity (Wildman–Crippen MR) is 74.8 cm³/mol. The summed E-state index contributed by atoms with van der Waals surface area (Å²) >= 11 is 0. The van der Waals surface area contributed by atoms with Crippen LogP contribution in [-0.2, 0) is 4.79 Å². The lowest BCUT2D eigenvalue weighted by Gasteiger charge is -2.35. The average molecular weight is 276 g/mol. The molecule has 2 heterocycles. The molecule has 2 aliphatic rings. The number of fused-ring (bicyclic) bond motifs is 1. The summed E-state index contributed by atoms with van der Waals surface area (Å²) < 4.78 is 5.59. The van der Waals surface area contributed by atoms with Crippen molar-refractivity contribution in [2.75, 3.05) is 45.9 Å². The molecule has 0 aromatic heterocycles. The molecule has 0 radical (unpaired) electrons. The van der Waals surface area contributed by atoms with Gasteiger partial charge in [-0.15, -0.1) is 0 Å². The number of para-hydroxylation sites is 1.